The Morgan fingerprint density at radius 1 is 1.18 bits per heavy atom. The van der Waals surface area contributed by atoms with E-state index in [1.54, 1.807) is 12.4 Å². The zero-order valence-corrected chi connectivity index (χ0v) is 16.1. The van der Waals surface area contributed by atoms with Gasteiger partial charge in [-0.05, 0) is 37.8 Å². The highest BCUT2D eigenvalue weighted by molar-refractivity contribution is 5.76. The zero-order chi connectivity index (χ0) is 19.3. The molecule has 0 radical (unpaired) electrons. The minimum absolute atomic E-state index is 0.128. The second-order valence-corrected chi connectivity index (χ2v) is 7.49. The van der Waals surface area contributed by atoms with Gasteiger partial charge in [-0.25, -0.2) is 9.78 Å². The molecule has 1 aromatic carbocycles. The number of amides is 2. The first-order valence-corrected chi connectivity index (χ1v) is 9.95. The number of urea groups is 1. The third-order valence-corrected chi connectivity index (χ3v) is 5.35. The summed E-state index contributed by atoms with van der Waals surface area (Å²) >= 11 is 0. The van der Waals surface area contributed by atoms with E-state index in [9.17, 15) is 4.79 Å². The maximum Gasteiger partial charge on any atom is 0.315 e. The molecule has 2 aromatic heterocycles. The van der Waals surface area contributed by atoms with Crippen molar-refractivity contribution in [1.82, 2.24) is 30.6 Å². The standard InChI is InChI=1S/C21H26N6O/c1-14-11-22-12-16(24-14)13-23-21(28)27-19(15-7-3-2-4-8-15)20-25-17-9-5-6-10-18(17)26-20/h5-6,9-12,15,19H,2-4,7-8,13H2,1H3,(H,25,26)(H2,23,27,28). The number of hydrogen-bond acceptors (Lipinski definition) is 4. The molecule has 1 aliphatic rings. The van der Waals surface area contributed by atoms with Gasteiger partial charge in [0.15, 0.2) is 0 Å². The second-order valence-electron chi connectivity index (χ2n) is 7.49. The number of aryl methyl sites for hydroxylation is 1. The van der Waals surface area contributed by atoms with Crippen molar-refractivity contribution < 1.29 is 4.79 Å². The van der Waals surface area contributed by atoms with E-state index >= 15 is 0 Å². The zero-order valence-electron chi connectivity index (χ0n) is 16.1. The molecule has 7 nitrogen and oxygen atoms in total. The fraction of sp³-hybridized carbons (Fsp3) is 0.429. The number of carbonyl (C=O) groups is 1. The number of benzene rings is 1. The van der Waals surface area contributed by atoms with Crippen molar-refractivity contribution in [3.8, 4) is 0 Å². The number of H-pyrrole nitrogens is 1. The molecular weight excluding hydrogens is 352 g/mol. The van der Waals surface area contributed by atoms with E-state index in [1.807, 2.05) is 31.2 Å². The van der Waals surface area contributed by atoms with E-state index in [4.69, 9.17) is 4.98 Å². The number of para-hydroxylation sites is 2. The molecule has 2 heterocycles. The second kappa shape index (κ2) is 8.37. The molecule has 3 N–H and O–H groups in total. The summed E-state index contributed by atoms with van der Waals surface area (Å²) in [6, 6.07) is 7.63. The lowest BCUT2D eigenvalue weighted by Crippen LogP contribution is -2.41. The van der Waals surface area contributed by atoms with Crippen LogP contribution in [0.2, 0.25) is 0 Å². The Balaban J connectivity index is 1.49. The van der Waals surface area contributed by atoms with Crippen LogP contribution in [0, 0.1) is 12.8 Å². The predicted octanol–water partition coefficient (Wildman–Crippen LogP) is 3.78. The van der Waals surface area contributed by atoms with Crippen molar-refractivity contribution >= 4 is 17.1 Å². The number of aromatic nitrogens is 4. The molecule has 4 rings (SSSR count). The van der Waals surface area contributed by atoms with Gasteiger partial charge in [0.1, 0.15) is 5.82 Å². The molecule has 1 aliphatic carbocycles. The minimum atomic E-state index is -0.209. The van der Waals surface area contributed by atoms with E-state index in [0.29, 0.717) is 12.5 Å². The van der Waals surface area contributed by atoms with Gasteiger partial charge in [0.05, 0.1) is 41.2 Å². The summed E-state index contributed by atoms with van der Waals surface area (Å²) in [4.78, 5) is 29.3. The van der Waals surface area contributed by atoms with Crippen LogP contribution in [0.4, 0.5) is 4.79 Å². The third-order valence-electron chi connectivity index (χ3n) is 5.35. The average Bonchev–Trinajstić information content (AvgIpc) is 3.15. The van der Waals surface area contributed by atoms with E-state index in [1.165, 1.54) is 19.3 Å². The monoisotopic (exact) mass is 378 g/mol. The fourth-order valence-electron chi connectivity index (χ4n) is 3.96. The molecule has 3 aromatic rings. The van der Waals surface area contributed by atoms with Crippen LogP contribution in [0.3, 0.4) is 0 Å². The van der Waals surface area contributed by atoms with Gasteiger partial charge in [0, 0.05) is 6.20 Å². The van der Waals surface area contributed by atoms with Crippen LogP contribution < -0.4 is 10.6 Å². The van der Waals surface area contributed by atoms with Crippen LogP contribution in [-0.2, 0) is 6.54 Å². The maximum absolute atomic E-state index is 12.6. The van der Waals surface area contributed by atoms with Crippen molar-refractivity contribution in [1.29, 1.82) is 0 Å². The summed E-state index contributed by atoms with van der Waals surface area (Å²) in [7, 11) is 0. The normalized spacial score (nSPS) is 16.0. The van der Waals surface area contributed by atoms with Gasteiger partial charge in [-0.15, -0.1) is 0 Å². The third kappa shape index (κ3) is 4.30. The summed E-state index contributed by atoms with van der Waals surface area (Å²) in [5.41, 5.74) is 3.50. The van der Waals surface area contributed by atoms with Crippen LogP contribution in [0.15, 0.2) is 36.7 Å². The number of rotatable bonds is 5. The summed E-state index contributed by atoms with van der Waals surface area (Å²) in [5, 5.41) is 6.06. The van der Waals surface area contributed by atoms with Gasteiger partial charge < -0.3 is 15.6 Å². The highest BCUT2D eigenvalue weighted by Crippen LogP contribution is 2.34. The van der Waals surface area contributed by atoms with Gasteiger partial charge in [0.25, 0.3) is 0 Å². The maximum atomic E-state index is 12.6. The molecule has 7 heteroatoms. The van der Waals surface area contributed by atoms with Crippen LogP contribution >= 0.6 is 0 Å². The lowest BCUT2D eigenvalue weighted by molar-refractivity contribution is 0.219. The summed E-state index contributed by atoms with van der Waals surface area (Å²) in [6.07, 6.45) is 9.24. The Bertz CT molecular complexity index is 914. The molecule has 1 fully saturated rings. The van der Waals surface area contributed by atoms with Crippen molar-refractivity contribution in [2.75, 3.05) is 0 Å². The molecule has 0 saturated heterocycles. The first-order chi connectivity index (χ1) is 13.7. The van der Waals surface area contributed by atoms with E-state index in [2.05, 4.69) is 25.6 Å². The minimum Gasteiger partial charge on any atom is -0.340 e. The molecule has 0 spiro atoms. The highest BCUT2D eigenvalue weighted by Gasteiger charge is 2.29. The van der Waals surface area contributed by atoms with Gasteiger partial charge >= 0.3 is 6.03 Å². The Labute approximate surface area is 164 Å². The SMILES string of the molecule is Cc1cncc(CNC(=O)NC(c2nc3ccccc3[nH]2)C2CCCCC2)n1. The lowest BCUT2D eigenvalue weighted by atomic mass is 9.83. The molecular formula is C21H26N6O. The number of fused-ring (bicyclic) bond motifs is 1. The van der Waals surface area contributed by atoms with E-state index in [0.717, 1.165) is 41.1 Å². The molecule has 1 atom stereocenters. The topological polar surface area (TPSA) is 95.6 Å². The fourth-order valence-corrected chi connectivity index (χ4v) is 3.96. The van der Waals surface area contributed by atoms with Crippen LogP contribution in [0.5, 0.6) is 0 Å². The molecule has 2 amide bonds. The molecule has 0 aliphatic heterocycles. The highest BCUT2D eigenvalue weighted by atomic mass is 16.2. The summed E-state index contributed by atoms with van der Waals surface area (Å²) in [6.45, 7) is 2.23. The van der Waals surface area contributed by atoms with Gasteiger partial charge in [-0.1, -0.05) is 31.4 Å². The van der Waals surface area contributed by atoms with Crippen molar-refractivity contribution in [2.45, 2.75) is 51.6 Å². The van der Waals surface area contributed by atoms with Crippen molar-refractivity contribution in [3.63, 3.8) is 0 Å². The van der Waals surface area contributed by atoms with Crippen LogP contribution in [-0.4, -0.2) is 26.0 Å². The Morgan fingerprint density at radius 2 is 2.00 bits per heavy atom. The quantitative estimate of drug-likeness (QED) is 0.629. The summed E-state index contributed by atoms with van der Waals surface area (Å²) in [5.74, 6) is 1.22. The predicted molar refractivity (Wildman–Crippen MR) is 108 cm³/mol. The number of imidazole rings is 1. The Hall–Kier alpha value is -2.96. The molecule has 28 heavy (non-hydrogen) atoms. The number of nitrogens with zero attached hydrogens (tertiary/aromatic N) is 3. The molecule has 1 saturated carbocycles. The average molecular weight is 378 g/mol. The van der Waals surface area contributed by atoms with Gasteiger partial charge in [-0.3, -0.25) is 9.97 Å². The Kier molecular flexibility index (Phi) is 5.50. The lowest BCUT2D eigenvalue weighted by Gasteiger charge is -2.29. The summed E-state index contributed by atoms with van der Waals surface area (Å²) < 4.78 is 0. The number of aromatic amines is 1. The van der Waals surface area contributed by atoms with Crippen LogP contribution in [0.1, 0.15) is 55.4 Å². The first-order valence-electron chi connectivity index (χ1n) is 9.95. The largest absolute Gasteiger partial charge is 0.340 e. The van der Waals surface area contributed by atoms with Gasteiger partial charge in [0.2, 0.25) is 0 Å². The van der Waals surface area contributed by atoms with Crippen LogP contribution in [0.25, 0.3) is 11.0 Å². The Morgan fingerprint density at radius 3 is 2.79 bits per heavy atom. The van der Waals surface area contributed by atoms with E-state index in [-0.39, 0.29) is 12.1 Å². The molecule has 146 valence electrons. The van der Waals surface area contributed by atoms with Crippen molar-refractivity contribution in [2.24, 2.45) is 5.92 Å². The number of nitrogens with one attached hydrogen (secondary N) is 3. The molecule has 0 bridgehead atoms. The number of hydrogen-bond donors (Lipinski definition) is 3. The molecule has 1 unspecified atom stereocenters. The first kappa shape index (κ1) is 18.4. The van der Waals surface area contributed by atoms with Gasteiger partial charge in [-0.2, -0.15) is 0 Å². The smallest absolute Gasteiger partial charge is 0.315 e. The van der Waals surface area contributed by atoms with Crippen molar-refractivity contribution in [3.05, 3.63) is 53.9 Å². The van der Waals surface area contributed by atoms with E-state index < -0.39 is 0 Å². The number of carbonyl (C=O) groups excluding carboxylic acids is 1.